The Morgan fingerprint density at radius 3 is 2.91 bits per heavy atom. The van der Waals surface area contributed by atoms with E-state index >= 15 is 0 Å². The molecule has 6 heteroatoms. The molecule has 1 aromatic carbocycles. The Kier molecular flexibility index (Phi) is 4.71. The minimum Gasteiger partial charge on any atom is -0.326 e. The van der Waals surface area contributed by atoms with Crippen LogP contribution >= 0.6 is 23.7 Å². The lowest BCUT2D eigenvalue weighted by atomic mass is 9.92. The van der Waals surface area contributed by atoms with E-state index < -0.39 is 0 Å². The fourth-order valence-corrected chi connectivity index (χ4v) is 4.16. The van der Waals surface area contributed by atoms with Crippen molar-refractivity contribution in [1.82, 2.24) is 10.3 Å². The number of carbonyl (C=O) groups excluding carboxylic acids is 1. The van der Waals surface area contributed by atoms with Crippen molar-refractivity contribution in [2.75, 3.05) is 18.4 Å². The zero-order valence-corrected chi connectivity index (χ0v) is 14.4. The molecule has 1 aromatic heterocycles. The third kappa shape index (κ3) is 3.27. The van der Waals surface area contributed by atoms with Gasteiger partial charge in [-0.05, 0) is 49.9 Å². The van der Waals surface area contributed by atoms with Crippen molar-refractivity contribution in [3.63, 3.8) is 0 Å². The second-order valence-electron chi connectivity index (χ2n) is 6.28. The first-order valence-corrected chi connectivity index (χ1v) is 8.66. The van der Waals surface area contributed by atoms with E-state index in [1.807, 2.05) is 29.6 Å². The average molecular weight is 350 g/mol. The number of benzene rings is 1. The van der Waals surface area contributed by atoms with Crippen LogP contribution in [0.15, 0.2) is 35.8 Å². The molecule has 2 N–H and O–H groups in total. The van der Waals surface area contributed by atoms with E-state index in [1.165, 1.54) is 0 Å². The summed E-state index contributed by atoms with van der Waals surface area (Å²) >= 11 is 1.61. The summed E-state index contributed by atoms with van der Waals surface area (Å²) in [5.41, 5.74) is 2.20. The summed E-state index contributed by atoms with van der Waals surface area (Å²) in [6.45, 7) is 2.09. The highest BCUT2D eigenvalue weighted by Crippen LogP contribution is 2.58. The number of hydrogen-bond acceptors (Lipinski definition) is 4. The maximum Gasteiger partial charge on any atom is 0.228 e. The molecule has 122 valence electrons. The quantitative estimate of drug-likeness (QED) is 0.890. The van der Waals surface area contributed by atoms with E-state index in [-0.39, 0.29) is 29.6 Å². The SMILES string of the molecule is Cl.O=C(Nc1cccc(-c2nccs2)c1)C1CC12CCNCC2. The van der Waals surface area contributed by atoms with Gasteiger partial charge < -0.3 is 10.6 Å². The lowest BCUT2D eigenvalue weighted by molar-refractivity contribution is -0.118. The van der Waals surface area contributed by atoms with Crippen LogP contribution < -0.4 is 10.6 Å². The first-order chi connectivity index (χ1) is 10.8. The van der Waals surface area contributed by atoms with Crippen LogP contribution in [0, 0.1) is 11.3 Å². The van der Waals surface area contributed by atoms with Gasteiger partial charge in [0.2, 0.25) is 5.91 Å². The summed E-state index contributed by atoms with van der Waals surface area (Å²) < 4.78 is 0. The molecule has 1 atom stereocenters. The maximum absolute atomic E-state index is 12.5. The molecule has 2 aliphatic rings. The number of amides is 1. The Bertz CT molecular complexity index is 683. The van der Waals surface area contributed by atoms with Crippen molar-refractivity contribution in [1.29, 1.82) is 0 Å². The summed E-state index contributed by atoms with van der Waals surface area (Å²) in [4.78, 5) is 16.8. The normalized spacial score (nSPS) is 21.5. The van der Waals surface area contributed by atoms with Crippen LogP contribution in [0.25, 0.3) is 10.6 Å². The summed E-state index contributed by atoms with van der Waals surface area (Å²) in [6.07, 6.45) is 5.11. The van der Waals surface area contributed by atoms with Gasteiger partial charge in [-0.3, -0.25) is 4.79 Å². The minimum absolute atomic E-state index is 0. The van der Waals surface area contributed by atoms with Crippen LogP contribution in [0.5, 0.6) is 0 Å². The molecule has 1 aliphatic heterocycles. The molecule has 1 aliphatic carbocycles. The Labute approximate surface area is 146 Å². The third-order valence-electron chi connectivity index (χ3n) is 4.91. The number of anilines is 1. The molecule has 0 bridgehead atoms. The highest BCUT2D eigenvalue weighted by Gasteiger charge is 2.57. The molecule has 4 nitrogen and oxygen atoms in total. The van der Waals surface area contributed by atoms with Crippen LogP contribution in [-0.2, 0) is 4.79 Å². The highest BCUT2D eigenvalue weighted by molar-refractivity contribution is 7.13. The van der Waals surface area contributed by atoms with E-state index in [4.69, 9.17) is 0 Å². The van der Waals surface area contributed by atoms with Crippen molar-refractivity contribution in [3.8, 4) is 10.6 Å². The second-order valence-corrected chi connectivity index (χ2v) is 7.17. The minimum atomic E-state index is 0. The van der Waals surface area contributed by atoms with Gasteiger partial charge in [0, 0.05) is 28.7 Å². The van der Waals surface area contributed by atoms with E-state index in [9.17, 15) is 4.79 Å². The molecule has 4 rings (SSSR count). The van der Waals surface area contributed by atoms with E-state index in [2.05, 4.69) is 15.6 Å². The van der Waals surface area contributed by atoms with Gasteiger partial charge in [0.1, 0.15) is 5.01 Å². The number of halogens is 1. The lowest BCUT2D eigenvalue weighted by Crippen LogP contribution is -2.31. The first kappa shape index (κ1) is 16.4. The van der Waals surface area contributed by atoms with Crippen LogP contribution in [0.3, 0.4) is 0 Å². The summed E-state index contributed by atoms with van der Waals surface area (Å²) in [7, 11) is 0. The maximum atomic E-state index is 12.5. The number of thiazole rings is 1. The monoisotopic (exact) mass is 349 g/mol. The number of carbonyl (C=O) groups is 1. The van der Waals surface area contributed by atoms with Crippen molar-refractivity contribution in [2.24, 2.45) is 11.3 Å². The Morgan fingerprint density at radius 2 is 2.17 bits per heavy atom. The number of piperidine rings is 1. The van der Waals surface area contributed by atoms with E-state index in [1.54, 1.807) is 17.5 Å². The second kappa shape index (κ2) is 6.59. The summed E-state index contributed by atoms with van der Waals surface area (Å²) in [5, 5.41) is 9.42. The Balaban J connectivity index is 0.00000156. The topological polar surface area (TPSA) is 54.0 Å². The summed E-state index contributed by atoms with van der Waals surface area (Å²) in [5.74, 6) is 0.372. The Morgan fingerprint density at radius 1 is 1.35 bits per heavy atom. The number of rotatable bonds is 3. The van der Waals surface area contributed by atoms with Gasteiger partial charge in [-0.1, -0.05) is 12.1 Å². The number of nitrogens with one attached hydrogen (secondary N) is 2. The van der Waals surface area contributed by atoms with Crippen molar-refractivity contribution < 1.29 is 4.79 Å². The van der Waals surface area contributed by atoms with E-state index in [0.29, 0.717) is 0 Å². The van der Waals surface area contributed by atoms with Gasteiger partial charge in [0.05, 0.1) is 0 Å². The number of aromatic nitrogens is 1. The number of nitrogens with zero attached hydrogens (tertiary/aromatic N) is 1. The average Bonchev–Trinajstić information content (AvgIpc) is 3.00. The van der Waals surface area contributed by atoms with Gasteiger partial charge in [-0.2, -0.15) is 0 Å². The standard InChI is InChI=1S/C17H19N3OS.ClH/c21-15(14-11-17(14)4-6-18-7-5-17)20-13-3-1-2-12(10-13)16-19-8-9-22-16;/h1-3,8-10,14,18H,4-7,11H2,(H,20,21);1H. The van der Waals surface area contributed by atoms with Gasteiger partial charge in [0.25, 0.3) is 0 Å². The summed E-state index contributed by atoms with van der Waals surface area (Å²) in [6, 6.07) is 7.96. The molecule has 2 fully saturated rings. The predicted molar refractivity (Wildman–Crippen MR) is 96.1 cm³/mol. The molecule has 2 heterocycles. The molecule has 0 radical (unpaired) electrons. The first-order valence-electron chi connectivity index (χ1n) is 7.78. The molecule has 1 unspecified atom stereocenters. The van der Waals surface area contributed by atoms with Gasteiger partial charge in [0.15, 0.2) is 0 Å². The number of hydrogen-bond donors (Lipinski definition) is 2. The molecule has 1 amide bonds. The van der Waals surface area contributed by atoms with Crippen LogP contribution in [0.1, 0.15) is 19.3 Å². The molecule has 1 saturated heterocycles. The smallest absolute Gasteiger partial charge is 0.228 e. The molecule has 23 heavy (non-hydrogen) atoms. The van der Waals surface area contributed by atoms with Gasteiger partial charge >= 0.3 is 0 Å². The van der Waals surface area contributed by atoms with Crippen LogP contribution in [-0.4, -0.2) is 24.0 Å². The molecular formula is C17H20ClN3OS. The zero-order valence-electron chi connectivity index (χ0n) is 12.7. The highest BCUT2D eigenvalue weighted by atomic mass is 35.5. The molecule has 1 spiro atoms. The van der Waals surface area contributed by atoms with Crippen LogP contribution in [0.4, 0.5) is 5.69 Å². The largest absolute Gasteiger partial charge is 0.326 e. The van der Waals surface area contributed by atoms with Gasteiger partial charge in [-0.15, -0.1) is 23.7 Å². The fraction of sp³-hybridized carbons (Fsp3) is 0.412. The predicted octanol–water partition coefficient (Wildman–Crippen LogP) is 3.56. The third-order valence-corrected chi connectivity index (χ3v) is 5.74. The van der Waals surface area contributed by atoms with Crippen molar-refractivity contribution in [2.45, 2.75) is 19.3 Å². The molecule has 1 saturated carbocycles. The van der Waals surface area contributed by atoms with Crippen molar-refractivity contribution in [3.05, 3.63) is 35.8 Å². The van der Waals surface area contributed by atoms with Crippen LogP contribution in [0.2, 0.25) is 0 Å². The Hall–Kier alpha value is -1.43. The molecular weight excluding hydrogens is 330 g/mol. The van der Waals surface area contributed by atoms with Gasteiger partial charge in [-0.25, -0.2) is 4.98 Å². The van der Waals surface area contributed by atoms with Crippen molar-refractivity contribution >= 4 is 35.3 Å². The van der Waals surface area contributed by atoms with E-state index in [0.717, 1.165) is 48.6 Å². The fourth-order valence-electron chi connectivity index (χ4n) is 3.52. The molecule has 2 aromatic rings. The zero-order chi connectivity index (χ0) is 15.0. The lowest BCUT2D eigenvalue weighted by Gasteiger charge is -2.23.